The first-order valence-electron chi connectivity index (χ1n) is 6.21. The Morgan fingerprint density at radius 1 is 1.05 bits per heavy atom. The average Bonchev–Trinajstić information content (AvgIpc) is 2.48. The molecule has 0 N–H and O–H groups in total. The van der Waals surface area contributed by atoms with Crippen LogP contribution in [0.5, 0.6) is 0 Å². The Morgan fingerprint density at radius 3 is 2.70 bits per heavy atom. The molecule has 1 aromatic carbocycles. The van der Waals surface area contributed by atoms with Crippen LogP contribution in [0, 0.1) is 0 Å². The van der Waals surface area contributed by atoms with Crippen molar-refractivity contribution in [2.45, 2.75) is 6.42 Å². The molecule has 0 fully saturated rings. The third-order valence-electron chi connectivity index (χ3n) is 3.10. The number of halogens is 1. The Hall–Kier alpha value is -2.26. The van der Waals surface area contributed by atoms with Gasteiger partial charge >= 0.3 is 0 Å². The smallest absolute Gasteiger partial charge is 0.185 e. The third-order valence-corrected chi connectivity index (χ3v) is 3.33. The van der Waals surface area contributed by atoms with Crippen molar-refractivity contribution in [1.29, 1.82) is 0 Å². The molecule has 2 aromatic heterocycles. The van der Waals surface area contributed by atoms with Gasteiger partial charge in [0.05, 0.1) is 10.5 Å². The summed E-state index contributed by atoms with van der Waals surface area (Å²) >= 11 is 5.77. The number of ketones is 1. The molecule has 0 atom stereocenters. The van der Waals surface area contributed by atoms with Crippen LogP contribution in [0.4, 0.5) is 0 Å². The Morgan fingerprint density at radius 2 is 1.90 bits per heavy atom. The quantitative estimate of drug-likeness (QED) is 0.688. The van der Waals surface area contributed by atoms with Gasteiger partial charge < -0.3 is 0 Å². The predicted octanol–water partition coefficient (Wildman–Crippen LogP) is 3.71. The van der Waals surface area contributed by atoms with E-state index in [1.54, 1.807) is 18.3 Å². The second-order valence-corrected chi connectivity index (χ2v) is 4.89. The lowest BCUT2D eigenvalue weighted by atomic mass is 10.0. The highest BCUT2D eigenvalue weighted by Crippen LogP contribution is 2.18. The van der Waals surface area contributed by atoms with Crippen LogP contribution in [-0.2, 0) is 6.42 Å². The monoisotopic (exact) mass is 282 g/mol. The third kappa shape index (κ3) is 2.53. The Balaban J connectivity index is 1.93. The molecule has 0 aliphatic carbocycles. The molecule has 0 amide bonds. The van der Waals surface area contributed by atoms with E-state index in [1.165, 1.54) is 6.20 Å². The fourth-order valence-corrected chi connectivity index (χ4v) is 2.23. The molecule has 3 nitrogen and oxygen atoms in total. The Kier molecular flexibility index (Phi) is 3.44. The highest BCUT2D eigenvalue weighted by atomic mass is 35.5. The number of hydrogen-bond acceptors (Lipinski definition) is 3. The van der Waals surface area contributed by atoms with E-state index in [0.717, 1.165) is 16.5 Å². The summed E-state index contributed by atoms with van der Waals surface area (Å²) in [7, 11) is 0. The van der Waals surface area contributed by atoms with Crippen LogP contribution >= 0.6 is 11.6 Å². The van der Waals surface area contributed by atoms with Crippen molar-refractivity contribution in [3.8, 4) is 0 Å². The minimum atomic E-state index is -0.0296. The summed E-state index contributed by atoms with van der Waals surface area (Å²) in [6.07, 6.45) is 3.51. The summed E-state index contributed by atoms with van der Waals surface area (Å²) in [5.41, 5.74) is 2.27. The number of pyridine rings is 2. The Labute approximate surface area is 121 Å². The molecule has 0 spiro atoms. The second kappa shape index (κ2) is 5.39. The second-order valence-electron chi connectivity index (χ2n) is 4.45. The fourth-order valence-electron chi connectivity index (χ4n) is 2.11. The van der Waals surface area contributed by atoms with Gasteiger partial charge in [0.2, 0.25) is 0 Å². The minimum Gasteiger partial charge on any atom is -0.292 e. The first kappa shape index (κ1) is 12.8. The molecule has 4 heteroatoms. The highest BCUT2D eigenvalue weighted by Gasteiger charge is 2.10. The number of hydrogen-bond donors (Lipinski definition) is 0. The molecule has 3 aromatic rings. The summed E-state index contributed by atoms with van der Waals surface area (Å²) < 4.78 is 0. The number of nitrogens with zero attached hydrogens (tertiary/aromatic N) is 2. The van der Waals surface area contributed by atoms with Crippen LogP contribution in [0.1, 0.15) is 16.1 Å². The van der Waals surface area contributed by atoms with Crippen molar-refractivity contribution in [1.82, 2.24) is 9.97 Å². The van der Waals surface area contributed by atoms with Gasteiger partial charge in [0.1, 0.15) is 5.69 Å². The number of fused-ring (bicyclic) bond motifs is 1. The van der Waals surface area contributed by atoms with Gasteiger partial charge in [-0.2, -0.15) is 0 Å². The molecule has 0 aliphatic heterocycles. The topological polar surface area (TPSA) is 42.9 Å². The molecule has 98 valence electrons. The predicted molar refractivity (Wildman–Crippen MR) is 79.0 cm³/mol. The van der Waals surface area contributed by atoms with Crippen LogP contribution in [-0.4, -0.2) is 15.8 Å². The number of carbonyl (C=O) groups excluding carboxylic acids is 1. The van der Waals surface area contributed by atoms with E-state index in [4.69, 9.17) is 11.6 Å². The molecule has 0 unspecified atom stereocenters. The summed E-state index contributed by atoms with van der Waals surface area (Å²) in [5, 5.41) is 1.52. The zero-order valence-corrected chi connectivity index (χ0v) is 11.3. The van der Waals surface area contributed by atoms with Crippen LogP contribution in [0.2, 0.25) is 5.02 Å². The van der Waals surface area contributed by atoms with Crippen LogP contribution in [0.3, 0.4) is 0 Å². The lowest BCUT2D eigenvalue weighted by Crippen LogP contribution is -2.06. The molecule has 0 aliphatic rings. The number of rotatable bonds is 3. The maximum atomic E-state index is 12.2. The standard InChI is InChI=1S/C16H11ClN2O/c17-12-5-6-15(19-10-12)16(20)9-11-7-8-18-14-4-2-1-3-13(11)14/h1-8,10H,9H2. The number of Topliss-reactive ketones (excluding diaryl/α,β-unsaturated/α-hetero) is 1. The molecule has 3 rings (SSSR count). The van der Waals surface area contributed by atoms with Gasteiger partial charge in [0, 0.05) is 24.2 Å². The van der Waals surface area contributed by atoms with Gasteiger partial charge in [0.15, 0.2) is 5.78 Å². The van der Waals surface area contributed by atoms with Crippen molar-refractivity contribution in [3.63, 3.8) is 0 Å². The van der Waals surface area contributed by atoms with Crippen molar-refractivity contribution < 1.29 is 4.79 Å². The number of aromatic nitrogens is 2. The van der Waals surface area contributed by atoms with Gasteiger partial charge in [-0.25, -0.2) is 0 Å². The van der Waals surface area contributed by atoms with E-state index in [0.29, 0.717) is 17.1 Å². The number of carbonyl (C=O) groups is 1. The van der Waals surface area contributed by atoms with Gasteiger partial charge in [-0.3, -0.25) is 14.8 Å². The average molecular weight is 283 g/mol. The molecule has 0 radical (unpaired) electrons. The normalized spacial score (nSPS) is 10.7. The summed E-state index contributed by atoms with van der Waals surface area (Å²) in [5.74, 6) is -0.0296. The molecule has 0 saturated carbocycles. The van der Waals surface area contributed by atoms with Gasteiger partial charge in [-0.05, 0) is 29.8 Å². The molecule has 0 bridgehead atoms. The zero-order valence-electron chi connectivity index (χ0n) is 10.6. The number of benzene rings is 1. The molecular weight excluding hydrogens is 272 g/mol. The van der Waals surface area contributed by atoms with Crippen molar-refractivity contribution >= 4 is 28.3 Å². The van der Waals surface area contributed by atoms with Crippen molar-refractivity contribution in [2.75, 3.05) is 0 Å². The van der Waals surface area contributed by atoms with E-state index in [9.17, 15) is 4.79 Å². The first-order valence-corrected chi connectivity index (χ1v) is 6.59. The van der Waals surface area contributed by atoms with E-state index in [2.05, 4.69) is 9.97 Å². The van der Waals surface area contributed by atoms with E-state index >= 15 is 0 Å². The van der Waals surface area contributed by atoms with Crippen molar-refractivity contribution in [2.24, 2.45) is 0 Å². The number of para-hydroxylation sites is 1. The maximum absolute atomic E-state index is 12.2. The van der Waals surface area contributed by atoms with Gasteiger partial charge in [0.25, 0.3) is 0 Å². The SMILES string of the molecule is O=C(Cc1ccnc2ccccc12)c1ccc(Cl)cn1. The summed E-state index contributed by atoms with van der Waals surface area (Å²) in [4.78, 5) is 20.6. The fraction of sp³-hybridized carbons (Fsp3) is 0.0625. The lowest BCUT2D eigenvalue weighted by molar-refractivity contribution is 0.0988. The molecular formula is C16H11ClN2O. The van der Waals surface area contributed by atoms with Gasteiger partial charge in [-0.15, -0.1) is 0 Å². The van der Waals surface area contributed by atoms with Crippen molar-refractivity contribution in [3.05, 3.63) is 71.1 Å². The zero-order chi connectivity index (χ0) is 13.9. The largest absolute Gasteiger partial charge is 0.292 e. The van der Waals surface area contributed by atoms with E-state index in [-0.39, 0.29) is 5.78 Å². The first-order chi connectivity index (χ1) is 9.74. The molecule has 0 saturated heterocycles. The van der Waals surface area contributed by atoms with Crippen LogP contribution < -0.4 is 0 Å². The molecule has 20 heavy (non-hydrogen) atoms. The summed E-state index contributed by atoms with van der Waals surface area (Å²) in [6.45, 7) is 0. The highest BCUT2D eigenvalue weighted by molar-refractivity contribution is 6.30. The molecule has 2 heterocycles. The van der Waals surface area contributed by atoms with Crippen LogP contribution in [0.15, 0.2) is 54.9 Å². The summed E-state index contributed by atoms with van der Waals surface area (Å²) in [6, 6.07) is 13.0. The minimum absolute atomic E-state index is 0.0296. The van der Waals surface area contributed by atoms with Crippen LogP contribution in [0.25, 0.3) is 10.9 Å². The van der Waals surface area contributed by atoms with E-state index < -0.39 is 0 Å². The lowest BCUT2D eigenvalue weighted by Gasteiger charge is -2.05. The van der Waals surface area contributed by atoms with E-state index in [1.807, 2.05) is 30.3 Å². The van der Waals surface area contributed by atoms with Gasteiger partial charge in [-0.1, -0.05) is 29.8 Å². The Bertz CT molecular complexity index is 764. The maximum Gasteiger partial charge on any atom is 0.185 e.